The summed E-state index contributed by atoms with van der Waals surface area (Å²) in [6.07, 6.45) is -6.83. The van der Waals surface area contributed by atoms with Crippen LogP contribution < -0.4 is 0 Å². The molecule has 0 unspecified atom stereocenters. The molecule has 0 fully saturated rings. The molecule has 0 aromatic heterocycles. The third kappa shape index (κ3) is 4.29. The molecular weight excluding hydrogens is 509 g/mol. The first kappa shape index (κ1) is 26.0. The van der Waals surface area contributed by atoms with Gasteiger partial charge in [0.1, 0.15) is 0 Å². The Morgan fingerprint density at radius 3 is 1.38 bits per heavy atom. The largest absolute Gasteiger partial charge is 0.489 e. The molecule has 3 rings (SSSR count). The highest BCUT2D eigenvalue weighted by atomic mass is 32.3. The fraction of sp³-hybridized carbons (Fsp3) is 0.182. The van der Waals surface area contributed by atoms with Crippen molar-refractivity contribution in [2.45, 2.75) is 39.0 Å². The summed E-state index contributed by atoms with van der Waals surface area (Å²) >= 11 is 0. The van der Waals surface area contributed by atoms with E-state index >= 15 is 0 Å². The minimum Gasteiger partial charge on any atom is -0.257 e. The van der Waals surface area contributed by atoms with Crippen LogP contribution in [0.25, 0.3) is 0 Å². The van der Waals surface area contributed by atoms with Crippen LogP contribution in [0.3, 0.4) is 0 Å². The summed E-state index contributed by atoms with van der Waals surface area (Å²) in [5.41, 5.74) is 0.704. The van der Waals surface area contributed by atoms with E-state index < -0.39 is 37.8 Å². The van der Waals surface area contributed by atoms with E-state index in [1.807, 2.05) is 0 Å². The molecule has 0 atom stereocenters. The second kappa shape index (κ2) is 8.90. The lowest BCUT2D eigenvalue weighted by atomic mass is 10.2. The van der Waals surface area contributed by atoms with Crippen molar-refractivity contribution in [2.24, 2.45) is 0 Å². The maximum absolute atomic E-state index is 14.5. The minimum atomic E-state index is -6.88. The quantitative estimate of drug-likeness (QED) is 0.183. The van der Waals surface area contributed by atoms with Gasteiger partial charge in [0.25, 0.3) is 0 Å². The fourth-order valence-electron chi connectivity index (χ4n) is 3.03. The molecule has 0 bridgehead atoms. The van der Waals surface area contributed by atoms with Crippen molar-refractivity contribution < 1.29 is 42.8 Å². The molecule has 0 heterocycles. The van der Waals surface area contributed by atoms with Crippen molar-refractivity contribution in [1.82, 2.24) is 0 Å². The number of alkyl halides is 7. The summed E-state index contributed by atoms with van der Waals surface area (Å²) in [4.78, 5) is 0.129. The first-order valence-corrected chi connectivity index (χ1v) is 12.5. The smallest absolute Gasteiger partial charge is 0.257 e. The Balaban J connectivity index is 2.36. The molecule has 3 nitrogen and oxygen atoms in total. The Labute approximate surface area is 192 Å². The Bertz CT molecular complexity index is 1190. The number of benzene rings is 3. The summed E-state index contributed by atoms with van der Waals surface area (Å²) in [5.74, 6) is -6.88. The van der Waals surface area contributed by atoms with Gasteiger partial charge in [-0.05, 0) is 43.3 Å². The van der Waals surface area contributed by atoms with Gasteiger partial charge in [-0.2, -0.15) is 30.7 Å². The Morgan fingerprint density at radius 1 is 0.618 bits per heavy atom. The van der Waals surface area contributed by atoms with Crippen LogP contribution in [0.1, 0.15) is 5.56 Å². The molecule has 184 valence electrons. The molecule has 0 spiro atoms. The molecule has 34 heavy (non-hydrogen) atoms. The molecule has 0 amide bonds. The number of halogens is 7. The fourth-order valence-corrected chi connectivity index (χ4v) is 8.50. The van der Waals surface area contributed by atoms with Crippen molar-refractivity contribution in [1.29, 1.82) is 0 Å². The molecule has 3 aromatic rings. The average Bonchev–Trinajstić information content (AvgIpc) is 2.78. The lowest BCUT2D eigenvalue weighted by Gasteiger charge is -2.36. The van der Waals surface area contributed by atoms with Gasteiger partial charge in [-0.3, -0.25) is 3.63 Å². The van der Waals surface area contributed by atoms with E-state index in [1.165, 1.54) is 84.9 Å². The number of rotatable bonds is 7. The van der Waals surface area contributed by atoms with Crippen molar-refractivity contribution in [3.05, 3.63) is 90.5 Å². The predicted octanol–water partition coefficient (Wildman–Crippen LogP) is 7.41. The van der Waals surface area contributed by atoms with Gasteiger partial charge in [0.2, 0.25) is 0 Å². The summed E-state index contributed by atoms with van der Waals surface area (Å²) in [6.45, 7) is 1.69. The third-order valence-electron chi connectivity index (χ3n) is 4.79. The van der Waals surface area contributed by atoms with Crippen LogP contribution in [0.4, 0.5) is 30.7 Å². The van der Waals surface area contributed by atoms with Gasteiger partial charge in [0, 0.05) is 0 Å². The zero-order chi connectivity index (χ0) is 25.4. The SMILES string of the molecule is Cc1ccc(S([OH+]S(=O)(=O)C(F)(F)C(F)(F)C(F)(F)F)(c2ccccc2)c2ccccc2)cc1. The van der Waals surface area contributed by atoms with Crippen molar-refractivity contribution in [3.63, 3.8) is 0 Å². The second-order valence-electron chi connectivity index (χ2n) is 7.16. The highest BCUT2D eigenvalue weighted by Crippen LogP contribution is 2.69. The van der Waals surface area contributed by atoms with Crippen molar-refractivity contribution >= 4 is 20.4 Å². The van der Waals surface area contributed by atoms with Crippen LogP contribution in [0, 0.1) is 6.92 Å². The summed E-state index contributed by atoms with van der Waals surface area (Å²) in [7, 11) is -10.4. The van der Waals surface area contributed by atoms with Gasteiger partial charge < -0.3 is 0 Å². The molecule has 0 radical (unpaired) electrons. The van der Waals surface area contributed by atoms with Gasteiger partial charge in [0.15, 0.2) is 0 Å². The molecule has 0 aliphatic rings. The number of hydrogen-bond acceptors (Lipinski definition) is 2. The average molecular weight is 528 g/mol. The van der Waals surface area contributed by atoms with Crippen molar-refractivity contribution in [3.8, 4) is 0 Å². The topological polar surface area (TPSA) is 46.9 Å². The molecular formula is C22H18F7O3S2+. The van der Waals surface area contributed by atoms with E-state index in [0.29, 0.717) is 5.56 Å². The Kier molecular flexibility index (Phi) is 6.81. The van der Waals surface area contributed by atoms with Gasteiger partial charge >= 0.3 is 27.5 Å². The van der Waals surface area contributed by atoms with Crippen LogP contribution >= 0.6 is 10.3 Å². The molecule has 0 aliphatic carbocycles. The lowest BCUT2D eigenvalue weighted by molar-refractivity contribution is -0.333. The first-order chi connectivity index (χ1) is 15.7. The molecule has 0 saturated heterocycles. The first-order valence-electron chi connectivity index (χ1n) is 9.48. The van der Waals surface area contributed by atoms with Crippen molar-refractivity contribution in [2.75, 3.05) is 0 Å². The molecule has 3 aromatic carbocycles. The zero-order valence-electron chi connectivity index (χ0n) is 17.3. The summed E-state index contributed by atoms with van der Waals surface area (Å²) in [6, 6.07) is 20.0. The van der Waals surface area contributed by atoms with Gasteiger partial charge in [-0.1, -0.05) is 54.1 Å². The monoisotopic (exact) mass is 527 g/mol. The third-order valence-corrected chi connectivity index (χ3v) is 10.2. The van der Waals surface area contributed by atoms with Crippen LogP contribution in [-0.2, 0) is 10.1 Å². The van der Waals surface area contributed by atoms with Gasteiger partial charge in [-0.25, -0.2) is 0 Å². The van der Waals surface area contributed by atoms with Crippen LogP contribution in [0.15, 0.2) is 99.6 Å². The maximum atomic E-state index is 14.5. The van der Waals surface area contributed by atoms with E-state index in [2.05, 4.69) is 3.63 Å². The molecule has 0 aliphatic heterocycles. The van der Waals surface area contributed by atoms with Crippen LogP contribution in [0.5, 0.6) is 0 Å². The molecule has 12 heteroatoms. The summed E-state index contributed by atoms with van der Waals surface area (Å²) < 4.78 is 123. The van der Waals surface area contributed by atoms with Gasteiger partial charge in [-0.15, -0.1) is 8.42 Å². The standard InChI is InChI=1S/C22H17F7O3S2/c1-16-12-14-19(15-13-16)33(17-8-4-2-5-9-17,18-10-6-3-7-11-18)32-34(30,31)22(28,29)20(23,24)21(25,26)27/h2-15H,1H3/p+1. The van der Waals surface area contributed by atoms with Gasteiger partial charge in [0.05, 0.1) is 25.0 Å². The zero-order valence-corrected chi connectivity index (χ0v) is 18.9. The maximum Gasteiger partial charge on any atom is 0.489 e. The van der Waals surface area contributed by atoms with Crippen LogP contribution in [0.2, 0.25) is 0 Å². The van der Waals surface area contributed by atoms with E-state index in [0.717, 1.165) is 0 Å². The van der Waals surface area contributed by atoms with Crippen LogP contribution in [-0.4, -0.2) is 29.4 Å². The van der Waals surface area contributed by atoms with E-state index in [1.54, 1.807) is 6.92 Å². The van der Waals surface area contributed by atoms with E-state index in [-0.39, 0.29) is 14.7 Å². The number of aryl methyl sites for hydroxylation is 1. The second-order valence-corrected chi connectivity index (χ2v) is 11.8. The highest BCUT2D eigenvalue weighted by Gasteiger charge is 2.82. The van der Waals surface area contributed by atoms with E-state index in [4.69, 9.17) is 0 Å². The van der Waals surface area contributed by atoms with E-state index in [9.17, 15) is 39.2 Å². The summed E-state index contributed by atoms with van der Waals surface area (Å²) in [5, 5.41) is -6.56. The normalized spacial score (nSPS) is 14.1. The Morgan fingerprint density at radius 2 is 1.00 bits per heavy atom. The Hall–Kier alpha value is -2.57. The lowest BCUT2D eigenvalue weighted by Crippen LogP contribution is -2.57. The predicted molar refractivity (Wildman–Crippen MR) is 114 cm³/mol. The molecule has 1 N–H and O–H groups in total. The minimum absolute atomic E-state index is 0.0414. The highest BCUT2D eigenvalue weighted by molar-refractivity contribution is 8.32. The number of hydrogen-bond donors (Lipinski definition) is 0. The molecule has 0 saturated carbocycles.